The molecular weight excluding hydrogens is 336 g/mol. The number of rotatable bonds is 2. The summed E-state index contributed by atoms with van der Waals surface area (Å²) in [5.74, 6) is 2.86. The van der Waals surface area contributed by atoms with E-state index in [-0.39, 0.29) is 17.5 Å². The number of aliphatic hydroxyl groups is 1. The van der Waals surface area contributed by atoms with E-state index in [0.717, 1.165) is 55.4 Å². The number of fused-ring (bicyclic) bond motifs is 2. The van der Waals surface area contributed by atoms with Crippen molar-refractivity contribution >= 4 is 5.91 Å². The highest BCUT2D eigenvalue weighted by atomic mass is 16.3. The van der Waals surface area contributed by atoms with Gasteiger partial charge in [0, 0.05) is 42.9 Å². The molecule has 4 nitrogen and oxygen atoms in total. The second-order valence-corrected chi connectivity index (χ2v) is 10.5. The van der Waals surface area contributed by atoms with E-state index in [1.165, 1.54) is 19.3 Å². The minimum Gasteiger partial charge on any atom is -0.385 e. The van der Waals surface area contributed by atoms with Crippen LogP contribution in [-0.2, 0) is 10.4 Å². The van der Waals surface area contributed by atoms with Crippen molar-refractivity contribution in [2.45, 2.75) is 81.9 Å². The summed E-state index contributed by atoms with van der Waals surface area (Å²) in [7, 11) is 0. The standard InChI is InChI=1S/C23H30N2O2/c26-21(22-9-15-6-16(10-22)8-17(7-15)11-22)25-19-3-4-20(25)13-23(27,12-19)18-2-1-5-24-14-18/h1-2,5,14-17,19-20,27H,3-4,6-13H2. The molecule has 6 aliphatic rings. The Bertz CT molecular complexity index is 712. The summed E-state index contributed by atoms with van der Waals surface area (Å²) in [5.41, 5.74) is 0.0429. The molecular formula is C23H30N2O2. The summed E-state index contributed by atoms with van der Waals surface area (Å²) in [6.45, 7) is 0. The van der Waals surface area contributed by atoms with Crippen LogP contribution < -0.4 is 0 Å². The highest BCUT2D eigenvalue weighted by Crippen LogP contribution is 2.61. The quantitative estimate of drug-likeness (QED) is 0.869. The second-order valence-electron chi connectivity index (χ2n) is 10.5. The van der Waals surface area contributed by atoms with E-state index in [4.69, 9.17) is 0 Å². The minimum absolute atomic E-state index is 0.0562. The van der Waals surface area contributed by atoms with Crippen molar-refractivity contribution in [2.75, 3.05) is 0 Å². The number of carbonyl (C=O) groups is 1. The molecule has 4 aliphatic carbocycles. The molecule has 0 aromatic carbocycles. The highest BCUT2D eigenvalue weighted by Gasteiger charge is 2.59. The molecule has 4 heteroatoms. The SMILES string of the molecule is O=C(N1C2CCC1CC(O)(c1cccnc1)C2)C12CC3CC(CC(C3)C1)C2. The lowest BCUT2D eigenvalue weighted by Crippen LogP contribution is -2.60. The zero-order chi connectivity index (χ0) is 18.2. The molecule has 1 aromatic heterocycles. The zero-order valence-electron chi connectivity index (χ0n) is 16.0. The first kappa shape index (κ1) is 16.5. The smallest absolute Gasteiger partial charge is 0.229 e. The molecule has 4 saturated carbocycles. The van der Waals surface area contributed by atoms with Gasteiger partial charge in [-0.2, -0.15) is 0 Å². The predicted octanol–water partition coefficient (Wildman–Crippen LogP) is 3.64. The van der Waals surface area contributed by atoms with Crippen molar-refractivity contribution in [1.29, 1.82) is 0 Å². The number of hydrogen-bond acceptors (Lipinski definition) is 3. The maximum atomic E-state index is 13.9. The van der Waals surface area contributed by atoms with Crippen LogP contribution in [0.4, 0.5) is 0 Å². The number of pyridine rings is 1. The predicted molar refractivity (Wildman–Crippen MR) is 102 cm³/mol. The molecule has 7 rings (SSSR count). The number of nitrogens with zero attached hydrogens (tertiary/aromatic N) is 2. The maximum absolute atomic E-state index is 13.9. The third-order valence-corrected chi connectivity index (χ3v) is 8.69. The average Bonchev–Trinajstić information content (AvgIpc) is 2.92. The fourth-order valence-electron chi connectivity index (χ4n) is 8.08. The Balaban J connectivity index is 1.28. The van der Waals surface area contributed by atoms with Gasteiger partial charge in [-0.05, 0) is 75.2 Å². The van der Waals surface area contributed by atoms with Crippen molar-refractivity contribution in [3.05, 3.63) is 30.1 Å². The van der Waals surface area contributed by atoms with Gasteiger partial charge in [-0.3, -0.25) is 9.78 Å². The van der Waals surface area contributed by atoms with Gasteiger partial charge in [-0.25, -0.2) is 0 Å². The first-order valence-corrected chi connectivity index (χ1v) is 11.0. The number of aromatic nitrogens is 1. The second kappa shape index (κ2) is 5.56. The van der Waals surface area contributed by atoms with Gasteiger partial charge in [0.1, 0.15) is 0 Å². The highest BCUT2D eigenvalue weighted by molar-refractivity contribution is 5.84. The fraction of sp³-hybridized carbons (Fsp3) is 0.739. The van der Waals surface area contributed by atoms with E-state index in [9.17, 15) is 9.90 Å². The molecule has 6 fully saturated rings. The Morgan fingerprint density at radius 2 is 1.59 bits per heavy atom. The van der Waals surface area contributed by atoms with Gasteiger partial charge in [0.15, 0.2) is 0 Å². The van der Waals surface area contributed by atoms with Crippen LogP contribution in [0.15, 0.2) is 24.5 Å². The van der Waals surface area contributed by atoms with Crippen LogP contribution in [0.2, 0.25) is 0 Å². The van der Waals surface area contributed by atoms with Crippen LogP contribution >= 0.6 is 0 Å². The summed E-state index contributed by atoms with van der Waals surface area (Å²) in [4.78, 5) is 20.4. The van der Waals surface area contributed by atoms with Crippen LogP contribution in [0, 0.1) is 23.2 Å². The molecule has 0 spiro atoms. The normalized spacial score (nSPS) is 47.4. The van der Waals surface area contributed by atoms with E-state index >= 15 is 0 Å². The molecule has 2 unspecified atom stereocenters. The van der Waals surface area contributed by atoms with Crippen molar-refractivity contribution in [3.63, 3.8) is 0 Å². The topological polar surface area (TPSA) is 53.4 Å². The molecule has 2 atom stereocenters. The van der Waals surface area contributed by atoms with Gasteiger partial charge in [0.05, 0.1) is 11.0 Å². The van der Waals surface area contributed by atoms with Crippen LogP contribution in [0.5, 0.6) is 0 Å². The third-order valence-electron chi connectivity index (χ3n) is 8.69. The van der Waals surface area contributed by atoms with Gasteiger partial charge in [0.2, 0.25) is 5.91 Å². The lowest BCUT2D eigenvalue weighted by Gasteiger charge is -2.58. The van der Waals surface area contributed by atoms with Crippen molar-refractivity contribution in [1.82, 2.24) is 9.88 Å². The summed E-state index contributed by atoms with van der Waals surface area (Å²) >= 11 is 0. The molecule has 1 aromatic rings. The largest absolute Gasteiger partial charge is 0.385 e. The monoisotopic (exact) mass is 366 g/mol. The average molecular weight is 367 g/mol. The number of hydrogen-bond donors (Lipinski definition) is 1. The lowest BCUT2D eigenvalue weighted by atomic mass is 9.49. The maximum Gasteiger partial charge on any atom is 0.229 e. The van der Waals surface area contributed by atoms with Gasteiger partial charge in [-0.1, -0.05) is 6.07 Å². The molecule has 1 N–H and O–H groups in total. The Morgan fingerprint density at radius 3 is 2.11 bits per heavy atom. The van der Waals surface area contributed by atoms with E-state index in [1.54, 1.807) is 12.4 Å². The number of piperidine rings is 1. The van der Waals surface area contributed by atoms with Crippen molar-refractivity contribution in [2.24, 2.45) is 23.2 Å². The van der Waals surface area contributed by atoms with Crippen LogP contribution in [0.25, 0.3) is 0 Å². The van der Waals surface area contributed by atoms with Crippen molar-refractivity contribution in [3.8, 4) is 0 Å². The van der Waals surface area contributed by atoms with Crippen LogP contribution in [0.1, 0.15) is 69.8 Å². The van der Waals surface area contributed by atoms with E-state index in [1.807, 2.05) is 12.1 Å². The van der Waals surface area contributed by atoms with E-state index < -0.39 is 5.60 Å². The van der Waals surface area contributed by atoms with Gasteiger partial charge < -0.3 is 10.0 Å². The lowest BCUT2D eigenvalue weighted by molar-refractivity contribution is -0.167. The minimum atomic E-state index is -0.821. The van der Waals surface area contributed by atoms with E-state index in [0.29, 0.717) is 18.7 Å². The number of amides is 1. The van der Waals surface area contributed by atoms with Crippen LogP contribution in [0.3, 0.4) is 0 Å². The fourth-order valence-corrected chi connectivity index (χ4v) is 8.08. The molecule has 27 heavy (non-hydrogen) atoms. The zero-order valence-corrected chi connectivity index (χ0v) is 16.0. The molecule has 2 saturated heterocycles. The first-order chi connectivity index (χ1) is 13.0. The Morgan fingerprint density at radius 1 is 1.00 bits per heavy atom. The van der Waals surface area contributed by atoms with Crippen LogP contribution in [-0.4, -0.2) is 33.0 Å². The Labute approximate surface area is 161 Å². The van der Waals surface area contributed by atoms with Gasteiger partial charge in [0.25, 0.3) is 0 Å². The van der Waals surface area contributed by atoms with Gasteiger partial charge >= 0.3 is 0 Å². The summed E-state index contributed by atoms with van der Waals surface area (Å²) in [6.07, 6.45) is 14.5. The third kappa shape index (κ3) is 2.38. The first-order valence-electron chi connectivity index (χ1n) is 11.0. The number of carbonyl (C=O) groups excluding carboxylic acids is 1. The molecule has 0 radical (unpaired) electrons. The molecule has 1 amide bonds. The molecule has 6 bridgehead atoms. The molecule has 144 valence electrons. The van der Waals surface area contributed by atoms with Crippen molar-refractivity contribution < 1.29 is 9.90 Å². The molecule has 3 heterocycles. The molecule has 2 aliphatic heterocycles. The summed E-state index contributed by atoms with van der Waals surface area (Å²) in [6, 6.07) is 4.30. The van der Waals surface area contributed by atoms with Gasteiger partial charge in [-0.15, -0.1) is 0 Å². The summed E-state index contributed by atoms with van der Waals surface area (Å²) < 4.78 is 0. The Hall–Kier alpha value is -1.42. The Kier molecular flexibility index (Phi) is 3.40. The van der Waals surface area contributed by atoms with E-state index in [2.05, 4.69) is 9.88 Å². The summed E-state index contributed by atoms with van der Waals surface area (Å²) in [5, 5.41) is 11.4.